The molecule has 5 saturated heterocycles. The number of aromatic nitrogens is 3. The number of piperazine rings is 2. The van der Waals surface area contributed by atoms with Crippen molar-refractivity contribution in [3.8, 4) is 35.4 Å². The Morgan fingerprint density at radius 3 is 2.51 bits per heavy atom. The molecule has 2 bridgehead atoms. The molecule has 6 aliphatic heterocycles. The number of halogens is 1. The standard InChI is InChI=1S/C53H57FN10O5/c1-2-33-6-3-7-34-22-39(65)23-41(45(33)34)47-46(54)48-42(24-55-47)49(63-28-36-8-9-37(29-63)56-36)59-52(58-48)69-31-53(14-15-53)30-61-16-4-5-32(26-61)25-60-17-19-62(20-18-60)38-10-11-40-35(21-38)27-64(51(40)68)43-12-13-44(66)57-50(43)67/h1,3,6-7,10-11,21-24,32,36-37,43,56,65H,4-5,8-9,12-20,25-31H2,(H,57,66,67)/t32-,36?,37?,43+/m1/s1. The van der Waals surface area contributed by atoms with Crippen molar-refractivity contribution in [2.45, 2.75) is 76.0 Å². The zero-order valence-corrected chi connectivity index (χ0v) is 38.8. The molecule has 1 saturated carbocycles. The number of amides is 3. The van der Waals surface area contributed by atoms with Crippen LogP contribution in [-0.4, -0.2) is 143 Å². The third kappa shape index (κ3) is 8.38. The number of benzene rings is 3. The van der Waals surface area contributed by atoms with Gasteiger partial charge in [-0.05, 0) is 105 Å². The van der Waals surface area contributed by atoms with Crippen molar-refractivity contribution in [2.75, 3.05) is 81.9 Å². The maximum Gasteiger partial charge on any atom is 0.319 e. The molecule has 2 aromatic heterocycles. The maximum atomic E-state index is 17.2. The van der Waals surface area contributed by atoms with Crippen LogP contribution >= 0.6 is 0 Å². The minimum absolute atomic E-state index is 0.0123. The van der Waals surface area contributed by atoms with E-state index in [-0.39, 0.29) is 52.5 Å². The Morgan fingerprint density at radius 1 is 0.899 bits per heavy atom. The molecule has 3 N–H and O–H groups in total. The van der Waals surface area contributed by atoms with Crippen LogP contribution in [0.15, 0.2) is 54.7 Å². The summed E-state index contributed by atoms with van der Waals surface area (Å²) in [6, 6.07) is 14.8. The van der Waals surface area contributed by atoms with Gasteiger partial charge < -0.3 is 34.8 Å². The number of likely N-dealkylation sites (tertiary alicyclic amines) is 1. The highest BCUT2D eigenvalue weighted by atomic mass is 19.1. The van der Waals surface area contributed by atoms with E-state index in [0.29, 0.717) is 76.2 Å². The van der Waals surface area contributed by atoms with Gasteiger partial charge in [-0.15, -0.1) is 6.42 Å². The van der Waals surface area contributed by atoms with E-state index in [1.807, 2.05) is 24.3 Å². The first-order valence-corrected chi connectivity index (χ1v) is 24.8. The monoisotopic (exact) mass is 932 g/mol. The molecule has 12 rings (SSSR count). The molecule has 6 fully saturated rings. The van der Waals surface area contributed by atoms with Gasteiger partial charge >= 0.3 is 6.01 Å². The summed E-state index contributed by atoms with van der Waals surface area (Å²) in [6.45, 7) is 10.1. The van der Waals surface area contributed by atoms with Gasteiger partial charge in [0.05, 0.1) is 12.0 Å². The summed E-state index contributed by atoms with van der Waals surface area (Å²) < 4.78 is 23.7. The number of anilines is 2. The smallest absolute Gasteiger partial charge is 0.319 e. The van der Waals surface area contributed by atoms with Crippen molar-refractivity contribution in [2.24, 2.45) is 11.3 Å². The average Bonchev–Trinajstić information content (AvgIpc) is 3.93. The molecular formula is C53H57FN10O5. The van der Waals surface area contributed by atoms with Gasteiger partial charge in [0.15, 0.2) is 5.82 Å². The van der Waals surface area contributed by atoms with Crippen LogP contribution in [0.5, 0.6) is 11.8 Å². The van der Waals surface area contributed by atoms with Crippen LogP contribution in [0.3, 0.4) is 0 Å². The van der Waals surface area contributed by atoms with Crippen molar-refractivity contribution < 1.29 is 28.6 Å². The highest BCUT2D eigenvalue weighted by Gasteiger charge is 2.46. The lowest BCUT2D eigenvalue weighted by Crippen LogP contribution is -2.52. The Kier molecular flexibility index (Phi) is 11.1. The number of hydrogen-bond donors (Lipinski definition) is 3. The Hall–Kier alpha value is -6.41. The van der Waals surface area contributed by atoms with E-state index in [0.717, 1.165) is 109 Å². The molecule has 2 unspecified atom stereocenters. The highest BCUT2D eigenvalue weighted by Crippen LogP contribution is 2.47. The summed E-state index contributed by atoms with van der Waals surface area (Å²) in [5.41, 5.74) is 3.82. The lowest BCUT2D eigenvalue weighted by Gasteiger charge is -2.40. The van der Waals surface area contributed by atoms with Gasteiger partial charge in [0.25, 0.3) is 5.91 Å². The molecule has 3 aromatic carbocycles. The molecule has 8 heterocycles. The number of carbonyl (C=O) groups is 3. The van der Waals surface area contributed by atoms with Crippen molar-refractivity contribution in [1.29, 1.82) is 0 Å². The van der Waals surface area contributed by atoms with Gasteiger partial charge in [-0.2, -0.15) is 9.97 Å². The second-order valence-corrected chi connectivity index (χ2v) is 20.7. The lowest BCUT2D eigenvalue weighted by molar-refractivity contribution is -0.136. The molecule has 3 amide bonds. The Bertz CT molecular complexity index is 2940. The van der Waals surface area contributed by atoms with E-state index < -0.39 is 11.9 Å². The number of carbonyl (C=O) groups excluding carboxylic acids is 3. The van der Waals surface area contributed by atoms with Gasteiger partial charge in [0.2, 0.25) is 11.8 Å². The maximum absolute atomic E-state index is 17.2. The minimum Gasteiger partial charge on any atom is -0.508 e. The zero-order valence-electron chi connectivity index (χ0n) is 38.8. The number of nitrogens with one attached hydrogen (secondary N) is 2. The van der Waals surface area contributed by atoms with Crippen LogP contribution in [0.1, 0.15) is 72.9 Å². The average molecular weight is 933 g/mol. The summed E-state index contributed by atoms with van der Waals surface area (Å²) in [7, 11) is 0. The summed E-state index contributed by atoms with van der Waals surface area (Å²) >= 11 is 0. The number of phenolic OH excluding ortho intramolecular Hbond substituents is 1. The summed E-state index contributed by atoms with van der Waals surface area (Å²) in [5, 5.41) is 18.7. The number of pyridine rings is 1. The molecule has 1 aliphatic carbocycles. The Morgan fingerprint density at radius 2 is 1.72 bits per heavy atom. The second-order valence-electron chi connectivity index (χ2n) is 20.7. The van der Waals surface area contributed by atoms with Crippen LogP contribution in [0.2, 0.25) is 0 Å². The number of aromatic hydroxyl groups is 1. The molecule has 69 heavy (non-hydrogen) atoms. The van der Waals surface area contributed by atoms with E-state index in [9.17, 15) is 19.5 Å². The largest absolute Gasteiger partial charge is 0.508 e. The zero-order chi connectivity index (χ0) is 47.0. The topological polar surface area (TPSA) is 160 Å². The van der Waals surface area contributed by atoms with Gasteiger partial charge in [-0.1, -0.05) is 18.1 Å². The van der Waals surface area contributed by atoms with Gasteiger partial charge in [-0.3, -0.25) is 29.6 Å². The first-order chi connectivity index (χ1) is 33.6. The van der Waals surface area contributed by atoms with Crippen LogP contribution in [0.25, 0.3) is 32.9 Å². The molecule has 15 nitrogen and oxygen atoms in total. The van der Waals surface area contributed by atoms with Crippen molar-refractivity contribution >= 4 is 50.9 Å². The molecule has 0 spiro atoms. The fraction of sp³-hybridized carbons (Fsp3) is 0.472. The number of terminal acetylenes is 1. The van der Waals surface area contributed by atoms with Crippen LogP contribution < -0.4 is 25.2 Å². The van der Waals surface area contributed by atoms with E-state index in [1.165, 1.54) is 12.5 Å². The van der Waals surface area contributed by atoms with Crippen molar-refractivity contribution in [1.82, 2.24) is 40.3 Å². The quantitative estimate of drug-likeness (QED) is 0.119. The van der Waals surface area contributed by atoms with E-state index in [4.69, 9.17) is 21.1 Å². The molecule has 0 radical (unpaired) electrons. The number of phenols is 1. The third-order valence-electron chi connectivity index (χ3n) is 15.9. The molecular weight excluding hydrogens is 876 g/mol. The number of ether oxygens (including phenoxy) is 1. The van der Waals surface area contributed by atoms with E-state index in [1.54, 1.807) is 23.2 Å². The first kappa shape index (κ1) is 43.8. The normalized spacial score (nSPS) is 24.8. The SMILES string of the molecule is C#Cc1cccc2cc(O)cc(-c3ncc4c(N5CC6CCC(C5)N6)nc(OCC5(CN6CCC[C@H](CN7CCN(c8ccc9c(c8)CN([C@H]8CCC(=O)NC8=O)C9=O)CC7)C6)CC5)nc4c3F)c12. The summed E-state index contributed by atoms with van der Waals surface area (Å²) in [6.07, 6.45) is 14.8. The van der Waals surface area contributed by atoms with Crippen LogP contribution in [-0.2, 0) is 16.1 Å². The second kappa shape index (κ2) is 17.5. The lowest BCUT2D eigenvalue weighted by atomic mass is 9.95. The predicted octanol–water partition coefficient (Wildman–Crippen LogP) is 5.07. The molecule has 356 valence electrons. The fourth-order valence-electron chi connectivity index (χ4n) is 12.2. The Balaban J connectivity index is 0.704. The number of piperidine rings is 2. The summed E-state index contributed by atoms with van der Waals surface area (Å²) in [5.74, 6) is 2.48. The van der Waals surface area contributed by atoms with E-state index in [2.05, 4.69) is 47.2 Å². The number of imide groups is 1. The van der Waals surface area contributed by atoms with Crippen molar-refractivity contribution in [3.63, 3.8) is 0 Å². The summed E-state index contributed by atoms with van der Waals surface area (Å²) in [4.78, 5) is 63.5. The van der Waals surface area contributed by atoms with Crippen molar-refractivity contribution in [3.05, 3.63) is 77.2 Å². The highest BCUT2D eigenvalue weighted by molar-refractivity contribution is 6.06. The minimum atomic E-state index is -0.615. The third-order valence-corrected chi connectivity index (χ3v) is 15.9. The predicted molar refractivity (Wildman–Crippen MR) is 259 cm³/mol. The molecule has 16 heteroatoms. The fourth-order valence-corrected chi connectivity index (χ4v) is 12.2. The molecule has 4 atom stereocenters. The van der Waals surface area contributed by atoms with Gasteiger partial charge in [0, 0.05) is 123 Å². The Labute approximate surface area is 400 Å². The van der Waals surface area contributed by atoms with E-state index >= 15 is 4.39 Å². The van der Waals surface area contributed by atoms with Gasteiger partial charge in [-0.25, -0.2) is 4.39 Å². The molecule has 5 aromatic rings. The number of hydrogen-bond acceptors (Lipinski definition) is 13. The molecule has 7 aliphatic rings. The number of rotatable bonds is 11. The van der Waals surface area contributed by atoms with Crippen LogP contribution in [0, 0.1) is 29.5 Å². The number of fused-ring (bicyclic) bond motifs is 5. The number of nitrogens with zero attached hydrogens (tertiary/aromatic N) is 8. The first-order valence-electron chi connectivity index (χ1n) is 24.8. The van der Waals surface area contributed by atoms with Crippen LogP contribution in [0.4, 0.5) is 15.9 Å². The van der Waals surface area contributed by atoms with Gasteiger partial charge in [0.1, 0.15) is 28.8 Å².